The van der Waals surface area contributed by atoms with Crippen LogP contribution in [0.2, 0.25) is 0 Å². The average Bonchev–Trinajstić information content (AvgIpc) is 2.62. The highest BCUT2D eigenvalue weighted by molar-refractivity contribution is 14.1. The molecule has 0 aliphatic heterocycles. The zero-order valence-electron chi connectivity index (χ0n) is 8.59. The molecule has 0 saturated heterocycles. The number of carbonyl (C=O) groups excluding carboxylic acids is 1. The summed E-state index contributed by atoms with van der Waals surface area (Å²) in [6, 6.07) is 1.80. The standard InChI is InChI=1S/C10H15IN2O2/c1-7(2-3-14)5-13-10(15)9-4-8(11)6-12-9/h4,6-7,12,14H,2-3,5H2,1H3,(H,13,15). The molecular weight excluding hydrogens is 307 g/mol. The van der Waals surface area contributed by atoms with Gasteiger partial charge in [-0.1, -0.05) is 6.92 Å². The van der Waals surface area contributed by atoms with Gasteiger partial charge in [0.25, 0.3) is 5.91 Å². The van der Waals surface area contributed by atoms with Gasteiger partial charge in [0.15, 0.2) is 0 Å². The van der Waals surface area contributed by atoms with Gasteiger partial charge in [0.05, 0.1) is 0 Å². The second-order valence-corrected chi connectivity index (χ2v) is 4.80. The number of halogens is 1. The summed E-state index contributed by atoms with van der Waals surface area (Å²) in [5, 5.41) is 11.5. The molecule has 5 heteroatoms. The van der Waals surface area contributed by atoms with E-state index in [4.69, 9.17) is 5.11 Å². The Hall–Kier alpha value is -0.560. The van der Waals surface area contributed by atoms with Crippen molar-refractivity contribution >= 4 is 28.5 Å². The third kappa shape index (κ3) is 4.21. The Bertz CT molecular complexity index is 325. The molecule has 0 fully saturated rings. The SMILES string of the molecule is CC(CCO)CNC(=O)c1cc(I)c[nH]1. The molecule has 1 unspecified atom stereocenters. The summed E-state index contributed by atoms with van der Waals surface area (Å²) >= 11 is 2.14. The molecule has 1 heterocycles. The van der Waals surface area contributed by atoms with Gasteiger partial charge in [-0.05, 0) is 41.0 Å². The van der Waals surface area contributed by atoms with Gasteiger partial charge in [0.1, 0.15) is 5.69 Å². The van der Waals surface area contributed by atoms with Gasteiger partial charge >= 0.3 is 0 Å². The van der Waals surface area contributed by atoms with Crippen molar-refractivity contribution in [3.05, 3.63) is 21.5 Å². The minimum atomic E-state index is -0.0947. The summed E-state index contributed by atoms with van der Waals surface area (Å²) in [6.45, 7) is 2.75. The molecule has 84 valence electrons. The fraction of sp³-hybridized carbons (Fsp3) is 0.500. The number of amides is 1. The van der Waals surface area contributed by atoms with Crippen LogP contribution < -0.4 is 5.32 Å². The van der Waals surface area contributed by atoms with Crippen molar-refractivity contribution in [2.45, 2.75) is 13.3 Å². The fourth-order valence-electron chi connectivity index (χ4n) is 1.18. The van der Waals surface area contributed by atoms with Crippen molar-refractivity contribution in [1.82, 2.24) is 10.3 Å². The van der Waals surface area contributed by atoms with E-state index in [0.29, 0.717) is 24.6 Å². The summed E-state index contributed by atoms with van der Waals surface area (Å²) in [7, 11) is 0. The topological polar surface area (TPSA) is 65.1 Å². The third-order valence-corrected chi connectivity index (χ3v) is 2.75. The van der Waals surface area contributed by atoms with E-state index in [0.717, 1.165) is 3.57 Å². The van der Waals surface area contributed by atoms with Crippen LogP contribution in [0.3, 0.4) is 0 Å². The van der Waals surface area contributed by atoms with E-state index in [2.05, 4.69) is 32.9 Å². The zero-order valence-corrected chi connectivity index (χ0v) is 10.7. The lowest BCUT2D eigenvalue weighted by Gasteiger charge is -2.10. The number of carbonyl (C=O) groups is 1. The predicted octanol–water partition coefficient (Wildman–Crippen LogP) is 1.37. The molecule has 1 amide bonds. The molecule has 3 N–H and O–H groups in total. The predicted molar refractivity (Wildman–Crippen MR) is 66.7 cm³/mol. The third-order valence-electron chi connectivity index (χ3n) is 2.13. The molecule has 1 aromatic heterocycles. The first-order valence-electron chi connectivity index (χ1n) is 4.86. The summed E-state index contributed by atoms with van der Waals surface area (Å²) in [5.41, 5.74) is 0.579. The molecule has 0 aliphatic carbocycles. The number of hydrogen-bond donors (Lipinski definition) is 3. The van der Waals surface area contributed by atoms with Gasteiger partial charge in [-0.15, -0.1) is 0 Å². The first-order chi connectivity index (χ1) is 7.13. The largest absolute Gasteiger partial charge is 0.396 e. The van der Waals surface area contributed by atoms with Gasteiger partial charge in [-0.25, -0.2) is 0 Å². The van der Waals surface area contributed by atoms with E-state index in [1.165, 1.54) is 0 Å². The van der Waals surface area contributed by atoms with Crippen LogP contribution in [-0.2, 0) is 0 Å². The maximum atomic E-state index is 11.6. The van der Waals surface area contributed by atoms with Crippen LogP contribution in [0.15, 0.2) is 12.3 Å². The van der Waals surface area contributed by atoms with Crippen LogP contribution in [0, 0.1) is 9.49 Å². The molecule has 15 heavy (non-hydrogen) atoms. The number of aliphatic hydroxyl groups excluding tert-OH is 1. The Morgan fingerprint density at radius 1 is 1.73 bits per heavy atom. The van der Waals surface area contributed by atoms with E-state index in [1.807, 2.05) is 6.92 Å². The van der Waals surface area contributed by atoms with E-state index in [1.54, 1.807) is 12.3 Å². The van der Waals surface area contributed by atoms with Crippen LogP contribution in [0.5, 0.6) is 0 Å². The number of aromatic nitrogens is 1. The van der Waals surface area contributed by atoms with Gasteiger partial charge in [-0.3, -0.25) is 4.79 Å². The number of nitrogens with one attached hydrogen (secondary N) is 2. The number of rotatable bonds is 5. The highest BCUT2D eigenvalue weighted by atomic mass is 127. The van der Waals surface area contributed by atoms with Crippen LogP contribution in [0.4, 0.5) is 0 Å². The lowest BCUT2D eigenvalue weighted by Crippen LogP contribution is -2.28. The van der Waals surface area contributed by atoms with Crippen molar-refractivity contribution in [2.24, 2.45) is 5.92 Å². The highest BCUT2D eigenvalue weighted by Gasteiger charge is 2.08. The molecule has 0 aliphatic rings. The quantitative estimate of drug-likeness (QED) is 0.717. The fourth-order valence-corrected chi connectivity index (χ4v) is 1.65. The second kappa shape index (κ2) is 6.12. The number of hydrogen-bond acceptors (Lipinski definition) is 2. The molecule has 0 spiro atoms. The normalized spacial score (nSPS) is 12.5. The zero-order chi connectivity index (χ0) is 11.3. The first kappa shape index (κ1) is 12.5. The first-order valence-corrected chi connectivity index (χ1v) is 5.94. The summed E-state index contributed by atoms with van der Waals surface area (Å²) in [4.78, 5) is 14.5. The second-order valence-electron chi connectivity index (χ2n) is 3.56. The maximum Gasteiger partial charge on any atom is 0.267 e. The van der Waals surface area contributed by atoms with E-state index in [-0.39, 0.29) is 12.5 Å². The number of H-pyrrole nitrogens is 1. The van der Waals surface area contributed by atoms with E-state index in [9.17, 15) is 4.79 Å². The molecule has 0 saturated carbocycles. The Balaban J connectivity index is 2.36. The van der Waals surface area contributed by atoms with Gasteiger partial charge in [-0.2, -0.15) is 0 Å². The van der Waals surface area contributed by atoms with E-state index >= 15 is 0 Å². The monoisotopic (exact) mass is 322 g/mol. The Labute approximate surface area is 103 Å². The average molecular weight is 322 g/mol. The van der Waals surface area contributed by atoms with Crippen molar-refractivity contribution in [3.63, 3.8) is 0 Å². The van der Waals surface area contributed by atoms with Crippen LogP contribution in [0.25, 0.3) is 0 Å². The minimum Gasteiger partial charge on any atom is -0.396 e. The number of aliphatic hydroxyl groups is 1. The summed E-state index contributed by atoms with van der Waals surface area (Å²) in [6.07, 6.45) is 2.50. The van der Waals surface area contributed by atoms with Crippen LogP contribution >= 0.6 is 22.6 Å². The highest BCUT2D eigenvalue weighted by Crippen LogP contribution is 2.06. The van der Waals surface area contributed by atoms with Gasteiger partial charge in [0.2, 0.25) is 0 Å². The Morgan fingerprint density at radius 2 is 2.47 bits per heavy atom. The maximum absolute atomic E-state index is 11.6. The lowest BCUT2D eigenvalue weighted by molar-refractivity contribution is 0.0941. The summed E-state index contributed by atoms with van der Waals surface area (Å²) < 4.78 is 1.01. The van der Waals surface area contributed by atoms with E-state index < -0.39 is 0 Å². The van der Waals surface area contributed by atoms with Crippen LogP contribution in [0.1, 0.15) is 23.8 Å². The lowest BCUT2D eigenvalue weighted by atomic mass is 10.1. The molecule has 1 aromatic rings. The minimum absolute atomic E-state index is 0.0947. The van der Waals surface area contributed by atoms with Crippen molar-refractivity contribution in [1.29, 1.82) is 0 Å². The molecule has 1 atom stereocenters. The number of aromatic amines is 1. The summed E-state index contributed by atoms with van der Waals surface area (Å²) in [5.74, 6) is 0.204. The Morgan fingerprint density at radius 3 is 3.00 bits per heavy atom. The molecule has 4 nitrogen and oxygen atoms in total. The Kier molecular flexibility index (Phi) is 5.10. The molecule has 0 bridgehead atoms. The van der Waals surface area contributed by atoms with Gasteiger partial charge < -0.3 is 15.4 Å². The molecular formula is C10H15IN2O2. The molecule has 1 rings (SSSR count). The molecule has 0 radical (unpaired) electrons. The van der Waals surface area contributed by atoms with Crippen molar-refractivity contribution < 1.29 is 9.90 Å². The molecule has 0 aromatic carbocycles. The van der Waals surface area contributed by atoms with Crippen LogP contribution in [-0.4, -0.2) is 29.1 Å². The van der Waals surface area contributed by atoms with Gasteiger partial charge in [0, 0.05) is 22.9 Å². The smallest absolute Gasteiger partial charge is 0.267 e. The van der Waals surface area contributed by atoms with Crippen molar-refractivity contribution in [2.75, 3.05) is 13.2 Å². The van der Waals surface area contributed by atoms with Crippen molar-refractivity contribution in [3.8, 4) is 0 Å².